The number of hydrogen-bond donors (Lipinski definition) is 1. The van der Waals surface area contributed by atoms with E-state index >= 15 is 0 Å². The van der Waals surface area contributed by atoms with E-state index in [1.165, 1.54) is 5.69 Å². The molecular formula is C14H14ClNO2. The molecule has 0 radical (unpaired) electrons. The SMILES string of the molecule is Cn1c2c(c3cc(Cl)ccc31)C[C@H](C(=O)O)CC2. The van der Waals surface area contributed by atoms with Crippen molar-refractivity contribution in [1.82, 2.24) is 4.57 Å². The Morgan fingerprint density at radius 2 is 2.28 bits per heavy atom. The van der Waals surface area contributed by atoms with E-state index in [2.05, 4.69) is 4.57 Å². The highest BCUT2D eigenvalue weighted by Gasteiger charge is 2.28. The predicted molar refractivity (Wildman–Crippen MR) is 71.1 cm³/mol. The minimum atomic E-state index is -0.695. The van der Waals surface area contributed by atoms with Crippen molar-refractivity contribution in [3.05, 3.63) is 34.5 Å². The van der Waals surface area contributed by atoms with E-state index in [-0.39, 0.29) is 5.92 Å². The summed E-state index contributed by atoms with van der Waals surface area (Å²) < 4.78 is 2.17. The number of halogens is 1. The molecule has 0 saturated heterocycles. The summed E-state index contributed by atoms with van der Waals surface area (Å²) in [4.78, 5) is 11.1. The van der Waals surface area contributed by atoms with Crippen LogP contribution in [0.3, 0.4) is 0 Å². The van der Waals surface area contributed by atoms with Crippen LogP contribution in [0, 0.1) is 5.92 Å². The highest BCUT2D eigenvalue weighted by Crippen LogP contribution is 2.35. The fourth-order valence-corrected chi connectivity index (χ4v) is 3.13. The smallest absolute Gasteiger partial charge is 0.306 e. The van der Waals surface area contributed by atoms with Crippen LogP contribution < -0.4 is 0 Å². The van der Waals surface area contributed by atoms with Crippen LogP contribution in [-0.2, 0) is 24.7 Å². The van der Waals surface area contributed by atoms with Crippen molar-refractivity contribution in [2.24, 2.45) is 13.0 Å². The molecule has 94 valence electrons. The number of nitrogens with zero attached hydrogens (tertiary/aromatic N) is 1. The summed E-state index contributed by atoms with van der Waals surface area (Å²) in [5, 5.41) is 11.0. The number of benzene rings is 1. The van der Waals surface area contributed by atoms with Crippen molar-refractivity contribution in [3.63, 3.8) is 0 Å². The molecule has 0 amide bonds. The highest BCUT2D eigenvalue weighted by molar-refractivity contribution is 6.31. The summed E-state index contributed by atoms with van der Waals surface area (Å²) in [7, 11) is 2.04. The topological polar surface area (TPSA) is 42.2 Å². The number of hydrogen-bond acceptors (Lipinski definition) is 1. The zero-order valence-electron chi connectivity index (χ0n) is 10.1. The molecule has 0 unspecified atom stereocenters. The van der Waals surface area contributed by atoms with Crippen LogP contribution in [0.5, 0.6) is 0 Å². The van der Waals surface area contributed by atoms with Crippen molar-refractivity contribution in [1.29, 1.82) is 0 Å². The molecular weight excluding hydrogens is 250 g/mol. The maximum Gasteiger partial charge on any atom is 0.306 e. The Morgan fingerprint density at radius 1 is 1.50 bits per heavy atom. The molecule has 1 aliphatic rings. The monoisotopic (exact) mass is 263 g/mol. The third-order valence-corrected chi connectivity index (χ3v) is 4.16. The van der Waals surface area contributed by atoms with Gasteiger partial charge in [0.25, 0.3) is 0 Å². The fraction of sp³-hybridized carbons (Fsp3) is 0.357. The van der Waals surface area contributed by atoms with Crippen LogP contribution in [-0.4, -0.2) is 15.6 Å². The number of aryl methyl sites for hydroxylation is 1. The molecule has 0 saturated carbocycles. The summed E-state index contributed by atoms with van der Waals surface area (Å²) in [6, 6.07) is 5.83. The largest absolute Gasteiger partial charge is 0.481 e. The molecule has 2 aromatic rings. The van der Waals surface area contributed by atoms with E-state index in [0.29, 0.717) is 11.4 Å². The first-order valence-electron chi connectivity index (χ1n) is 6.06. The highest BCUT2D eigenvalue weighted by atomic mass is 35.5. The Bertz CT molecular complexity index is 645. The molecule has 0 fully saturated rings. The summed E-state index contributed by atoms with van der Waals surface area (Å²) in [6.07, 6.45) is 2.16. The molecule has 0 bridgehead atoms. The van der Waals surface area contributed by atoms with Gasteiger partial charge in [0, 0.05) is 28.7 Å². The van der Waals surface area contributed by atoms with Gasteiger partial charge in [-0.3, -0.25) is 4.79 Å². The van der Waals surface area contributed by atoms with Gasteiger partial charge in [-0.15, -0.1) is 0 Å². The predicted octanol–water partition coefficient (Wildman–Crippen LogP) is 3.02. The van der Waals surface area contributed by atoms with Crippen molar-refractivity contribution in [2.45, 2.75) is 19.3 Å². The maximum atomic E-state index is 11.1. The first-order chi connectivity index (χ1) is 8.58. The van der Waals surface area contributed by atoms with Gasteiger partial charge in [0.2, 0.25) is 0 Å². The Morgan fingerprint density at radius 3 is 3.00 bits per heavy atom. The van der Waals surface area contributed by atoms with Crippen molar-refractivity contribution < 1.29 is 9.90 Å². The van der Waals surface area contributed by atoms with E-state index in [1.54, 1.807) is 0 Å². The van der Waals surface area contributed by atoms with Gasteiger partial charge >= 0.3 is 5.97 Å². The quantitative estimate of drug-likeness (QED) is 0.859. The molecule has 3 rings (SSSR count). The number of rotatable bonds is 1. The molecule has 1 aromatic carbocycles. The molecule has 18 heavy (non-hydrogen) atoms. The summed E-state index contributed by atoms with van der Waals surface area (Å²) in [6.45, 7) is 0. The van der Waals surface area contributed by atoms with Gasteiger partial charge < -0.3 is 9.67 Å². The van der Waals surface area contributed by atoms with Gasteiger partial charge in [-0.2, -0.15) is 0 Å². The molecule has 4 heteroatoms. The second-order valence-corrected chi connectivity index (χ2v) is 5.36. The van der Waals surface area contributed by atoms with E-state index in [0.717, 1.165) is 29.3 Å². The van der Waals surface area contributed by atoms with Crippen LogP contribution >= 0.6 is 11.6 Å². The van der Waals surface area contributed by atoms with Crippen LogP contribution in [0.1, 0.15) is 17.7 Å². The van der Waals surface area contributed by atoms with Crippen molar-refractivity contribution >= 4 is 28.5 Å². The van der Waals surface area contributed by atoms with Crippen molar-refractivity contribution in [3.8, 4) is 0 Å². The average molecular weight is 264 g/mol. The van der Waals surface area contributed by atoms with Gasteiger partial charge in [0.1, 0.15) is 0 Å². The number of carboxylic acids is 1. The standard InChI is InChI=1S/C14H14ClNO2/c1-16-12-4-2-8(14(17)18)6-10(12)11-7-9(15)3-5-13(11)16/h3,5,7-8H,2,4,6H2,1H3,(H,17,18)/t8-/m1/s1. The first kappa shape index (κ1) is 11.6. The minimum absolute atomic E-state index is 0.262. The minimum Gasteiger partial charge on any atom is -0.481 e. The van der Waals surface area contributed by atoms with Gasteiger partial charge in [0.05, 0.1) is 5.92 Å². The van der Waals surface area contributed by atoms with Gasteiger partial charge in [-0.1, -0.05) is 11.6 Å². The number of carbonyl (C=O) groups is 1. The molecule has 0 spiro atoms. The molecule has 1 N–H and O–H groups in total. The van der Waals surface area contributed by atoms with Crippen LogP contribution in [0.15, 0.2) is 18.2 Å². The number of aromatic nitrogens is 1. The lowest BCUT2D eigenvalue weighted by Gasteiger charge is -2.19. The molecule has 0 aliphatic heterocycles. The molecule has 1 atom stereocenters. The lowest BCUT2D eigenvalue weighted by Crippen LogP contribution is -2.22. The zero-order valence-corrected chi connectivity index (χ0v) is 10.9. The number of fused-ring (bicyclic) bond motifs is 3. The van der Waals surface area contributed by atoms with Gasteiger partial charge in [0.15, 0.2) is 0 Å². The Balaban J connectivity index is 2.20. The van der Waals surface area contributed by atoms with E-state index < -0.39 is 5.97 Å². The summed E-state index contributed by atoms with van der Waals surface area (Å²) >= 11 is 6.04. The van der Waals surface area contributed by atoms with E-state index in [9.17, 15) is 4.79 Å². The Labute approximate surface area is 110 Å². The van der Waals surface area contributed by atoms with E-state index in [1.807, 2.05) is 25.2 Å². The van der Waals surface area contributed by atoms with Gasteiger partial charge in [-0.05, 0) is 43.0 Å². The average Bonchev–Trinajstić information content (AvgIpc) is 2.62. The molecule has 1 heterocycles. The molecule has 1 aliphatic carbocycles. The Kier molecular flexibility index (Phi) is 2.59. The summed E-state index contributed by atoms with van der Waals surface area (Å²) in [5.41, 5.74) is 3.55. The fourth-order valence-electron chi connectivity index (χ4n) is 2.96. The first-order valence-corrected chi connectivity index (χ1v) is 6.44. The van der Waals surface area contributed by atoms with Gasteiger partial charge in [-0.25, -0.2) is 0 Å². The second-order valence-electron chi connectivity index (χ2n) is 4.92. The van der Waals surface area contributed by atoms with Crippen LogP contribution in [0.25, 0.3) is 10.9 Å². The lowest BCUT2D eigenvalue weighted by atomic mass is 9.86. The normalized spacial score (nSPS) is 18.9. The Hall–Kier alpha value is -1.48. The molecule has 1 aromatic heterocycles. The third kappa shape index (κ3) is 1.62. The van der Waals surface area contributed by atoms with Crippen LogP contribution in [0.4, 0.5) is 0 Å². The lowest BCUT2D eigenvalue weighted by molar-refractivity contribution is -0.142. The number of carboxylic acid groups (broad SMARTS) is 1. The molecule has 3 nitrogen and oxygen atoms in total. The maximum absolute atomic E-state index is 11.1. The second kappa shape index (κ2) is 4.02. The summed E-state index contributed by atoms with van der Waals surface area (Å²) in [5.74, 6) is -0.957. The van der Waals surface area contributed by atoms with Crippen LogP contribution in [0.2, 0.25) is 5.02 Å². The third-order valence-electron chi connectivity index (χ3n) is 3.93. The van der Waals surface area contributed by atoms with Crippen molar-refractivity contribution in [2.75, 3.05) is 0 Å². The van der Waals surface area contributed by atoms with E-state index in [4.69, 9.17) is 16.7 Å². The number of aliphatic carboxylic acids is 1. The zero-order chi connectivity index (χ0) is 12.9.